The van der Waals surface area contributed by atoms with Gasteiger partial charge in [0.05, 0.1) is 17.5 Å². The van der Waals surface area contributed by atoms with Gasteiger partial charge in [-0.25, -0.2) is 0 Å². The van der Waals surface area contributed by atoms with Crippen LogP contribution in [0.25, 0.3) is 11.3 Å². The van der Waals surface area contributed by atoms with Crippen molar-refractivity contribution in [1.82, 2.24) is 15.0 Å². The van der Waals surface area contributed by atoms with Gasteiger partial charge in [0.25, 0.3) is 0 Å². The van der Waals surface area contributed by atoms with Gasteiger partial charge >= 0.3 is 0 Å². The number of nitrogens with zero attached hydrogens (tertiary/aromatic N) is 3. The molecule has 0 saturated heterocycles. The Bertz CT molecular complexity index is 465. The van der Waals surface area contributed by atoms with Gasteiger partial charge in [-0.15, -0.1) is 0 Å². The first-order chi connectivity index (χ1) is 8.18. The van der Waals surface area contributed by atoms with Crippen molar-refractivity contribution < 1.29 is 4.52 Å². The van der Waals surface area contributed by atoms with Crippen LogP contribution in [-0.2, 0) is 6.54 Å². The van der Waals surface area contributed by atoms with Gasteiger partial charge in [0.1, 0.15) is 6.26 Å². The quantitative estimate of drug-likeness (QED) is 0.811. The van der Waals surface area contributed by atoms with Crippen LogP contribution in [0.3, 0.4) is 0 Å². The third-order valence-electron chi connectivity index (χ3n) is 2.90. The Morgan fingerprint density at radius 1 is 1.41 bits per heavy atom. The Hall–Kier alpha value is -1.68. The summed E-state index contributed by atoms with van der Waals surface area (Å²) in [5.74, 6) is 0. The van der Waals surface area contributed by atoms with Crippen LogP contribution in [0.4, 0.5) is 0 Å². The summed E-state index contributed by atoms with van der Waals surface area (Å²) >= 11 is 0. The molecule has 0 atom stereocenters. The lowest BCUT2D eigenvalue weighted by molar-refractivity contribution is 0.266. The summed E-state index contributed by atoms with van der Waals surface area (Å²) in [6.07, 6.45) is 5.11. The van der Waals surface area contributed by atoms with E-state index in [0.29, 0.717) is 6.04 Å². The molecular weight excluding hydrogens is 214 g/mol. The first-order valence-electron chi connectivity index (χ1n) is 5.72. The van der Waals surface area contributed by atoms with E-state index in [0.717, 1.165) is 17.8 Å². The Labute approximate surface area is 101 Å². The van der Waals surface area contributed by atoms with Crippen molar-refractivity contribution in [1.29, 1.82) is 0 Å². The second kappa shape index (κ2) is 5.10. The standard InChI is InChI=1S/C13H17N3O/c1-10(2)16(3)8-11-5-4-6-14-13(11)12-7-15-17-9-12/h4-7,9-10H,8H2,1-3H3. The van der Waals surface area contributed by atoms with Crippen LogP contribution in [0.5, 0.6) is 0 Å². The Morgan fingerprint density at radius 2 is 2.24 bits per heavy atom. The second-order valence-electron chi connectivity index (χ2n) is 4.43. The lowest BCUT2D eigenvalue weighted by Crippen LogP contribution is -2.25. The molecule has 0 bridgehead atoms. The van der Waals surface area contributed by atoms with Gasteiger partial charge in [-0.3, -0.25) is 9.88 Å². The summed E-state index contributed by atoms with van der Waals surface area (Å²) in [5.41, 5.74) is 3.06. The summed E-state index contributed by atoms with van der Waals surface area (Å²) in [6.45, 7) is 5.22. The van der Waals surface area contributed by atoms with Gasteiger partial charge in [-0.2, -0.15) is 0 Å². The lowest BCUT2D eigenvalue weighted by atomic mass is 10.1. The largest absolute Gasteiger partial charge is 0.364 e. The van der Waals surface area contributed by atoms with Crippen molar-refractivity contribution in [3.63, 3.8) is 0 Å². The minimum absolute atomic E-state index is 0.505. The summed E-state index contributed by atoms with van der Waals surface area (Å²) in [6, 6.07) is 4.56. The van der Waals surface area contributed by atoms with Crippen LogP contribution in [-0.4, -0.2) is 28.1 Å². The molecule has 0 spiro atoms. The van der Waals surface area contributed by atoms with E-state index in [9.17, 15) is 0 Å². The summed E-state index contributed by atoms with van der Waals surface area (Å²) in [4.78, 5) is 6.68. The molecule has 4 heteroatoms. The van der Waals surface area contributed by atoms with E-state index in [1.54, 1.807) is 18.7 Å². The van der Waals surface area contributed by atoms with Crippen LogP contribution < -0.4 is 0 Å². The van der Waals surface area contributed by atoms with E-state index in [4.69, 9.17) is 4.52 Å². The van der Waals surface area contributed by atoms with Gasteiger partial charge in [0.2, 0.25) is 0 Å². The molecule has 90 valence electrons. The molecule has 0 saturated carbocycles. The van der Waals surface area contributed by atoms with Crippen LogP contribution in [0.1, 0.15) is 19.4 Å². The fraction of sp³-hybridized carbons (Fsp3) is 0.385. The number of pyridine rings is 1. The molecule has 0 N–H and O–H groups in total. The van der Waals surface area contributed by atoms with Gasteiger partial charge in [-0.1, -0.05) is 11.2 Å². The highest BCUT2D eigenvalue weighted by atomic mass is 16.5. The molecule has 0 radical (unpaired) electrons. The van der Waals surface area contributed by atoms with Crippen LogP contribution in [0.15, 0.2) is 35.3 Å². The first kappa shape index (κ1) is 11.8. The zero-order valence-electron chi connectivity index (χ0n) is 10.4. The molecule has 2 aromatic heterocycles. The maximum Gasteiger partial charge on any atom is 0.133 e. The molecule has 0 unspecified atom stereocenters. The van der Waals surface area contributed by atoms with E-state index >= 15 is 0 Å². The number of hydrogen-bond acceptors (Lipinski definition) is 4. The zero-order chi connectivity index (χ0) is 12.3. The molecule has 0 amide bonds. The molecule has 0 aliphatic rings. The lowest BCUT2D eigenvalue weighted by Gasteiger charge is -2.21. The topological polar surface area (TPSA) is 42.2 Å². The SMILES string of the molecule is CC(C)N(C)Cc1cccnc1-c1cnoc1. The number of hydrogen-bond donors (Lipinski definition) is 0. The fourth-order valence-corrected chi connectivity index (χ4v) is 1.60. The van der Waals surface area contributed by atoms with Crippen LogP contribution in [0, 0.1) is 0 Å². The van der Waals surface area contributed by atoms with Crippen molar-refractivity contribution in [2.24, 2.45) is 0 Å². The molecular formula is C13H17N3O. The summed E-state index contributed by atoms with van der Waals surface area (Å²) in [7, 11) is 2.11. The highest BCUT2D eigenvalue weighted by Crippen LogP contribution is 2.21. The average Bonchev–Trinajstić information content (AvgIpc) is 2.83. The predicted molar refractivity (Wildman–Crippen MR) is 66.3 cm³/mol. The molecule has 2 rings (SSSR count). The van der Waals surface area contributed by atoms with E-state index < -0.39 is 0 Å². The highest BCUT2D eigenvalue weighted by molar-refractivity contribution is 5.60. The molecule has 0 aliphatic carbocycles. The minimum Gasteiger partial charge on any atom is -0.364 e. The van der Waals surface area contributed by atoms with E-state index in [-0.39, 0.29) is 0 Å². The summed E-state index contributed by atoms with van der Waals surface area (Å²) < 4.78 is 4.87. The molecule has 2 heterocycles. The van der Waals surface area contributed by atoms with Gasteiger partial charge < -0.3 is 4.52 Å². The maximum absolute atomic E-state index is 4.87. The fourth-order valence-electron chi connectivity index (χ4n) is 1.60. The molecule has 0 aromatic carbocycles. The van der Waals surface area contributed by atoms with Crippen molar-refractivity contribution >= 4 is 0 Å². The smallest absolute Gasteiger partial charge is 0.133 e. The molecule has 2 aromatic rings. The molecule has 4 nitrogen and oxygen atoms in total. The number of aromatic nitrogens is 2. The zero-order valence-corrected chi connectivity index (χ0v) is 10.4. The van der Waals surface area contributed by atoms with E-state index in [2.05, 4.69) is 42.0 Å². The Kier molecular flexibility index (Phi) is 3.54. The monoisotopic (exact) mass is 231 g/mol. The van der Waals surface area contributed by atoms with Gasteiger partial charge in [0, 0.05) is 18.8 Å². The first-order valence-corrected chi connectivity index (χ1v) is 5.72. The Balaban J connectivity index is 2.29. The van der Waals surface area contributed by atoms with E-state index in [1.165, 1.54) is 5.56 Å². The molecule has 17 heavy (non-hydrogen) atoms. The average molecular weight is 231 g/mol. The number of rotatable bonds is 4. The normalized spacial score (nSPS) is 11.4. The van der Waals surface area contributed by atoms with Crippen LogP contribution in [0.2, 0.25) is 0 Å². The van der Waals surface area contributed by atoms with Gasteiger partial charge in [-0.05, 0) is 32.5 Å². The maximum atomic E-state index is 4.87. The predicted octanol–water partition coefficient (Wildman–Crippen LogP) is 2.58. The van der Waals surface area contributed by atoms with E-state index in [1.807, 2.05) is 6.07 Å². The van der Waals surface area contributed by atoms with Crippen molar-refractivity contribution in [2.45, 2.75) is 26.4 Å². The van der Waals surface area contributed by atoms with Crippen molar-refractivity contribution in [3.05, 3.63) is 36.4 Å². The van der Waals surface area contributed by atoms with Gasteiger partial charge in [0.15, 0.2) is 0 Å². The van der Waals surface area contributed by atoms with Crippen molar-refractivity contribution in [2.75, 3.05) is 7.05 Å². The minimum atomic E-state index is 0.505. The summed E-state index contributed by atoms with van der Waals surface area (Å²) in [5, 5.41) is 3.73. The van der Waals surface area contributed by atoms with Crippen molar-refractivity contribution in [3.8, 4) is 11.3 Å². The Morgan fingerprint density at radius 3 is 2.88 bits per heavy atom. The molecule has 0 aliphatic heterocycles. The second-order valence-corrected chi connectivity index (χ2v) is 4.43. The van der Waals surface area contributed by atoms with Crippen LogP contribution >= 0.6 is 0 Å². The third-order valence-corrected chi connectivity index (χ3v) is 2.90. The molecule has 0 fully saturated rings. The third kappa shape index (κ3) is 2.71. The highest BCUT2D eigenvalue weighted by Gasteiger charge is 2.11.